The van der Waals surface area contributed by atoms with Crippen molar-refractivity contribution in [2.75, 3.05) is 19.7 Å². The fourth-order valence-corrected chi connectivity index (χ4v) is 4.19. The van der Waals surface area contributed by atoms with Crippen molar-refractivity contribution in [3.8, 4) is 11.3 Å². The van der Waals surface area contributed by atoms with Gasteiger partial charge in [0.1, 0.15) is 17.9 Å². The number of aryl methyl sites for hydroxylation is 2. The Labute approximate surface area is 184 Å². The number of hydrogen-bond donors (Lipinski definition) is 4. The summed E-state index contributed by atoms with van der Waals surface area (Å²) in [7, 11) is 0. The summed E-state index contributed by atoms with van der Waals surface area (Å²) in [5, 5.41) is 47.8. The quantitative estimate of drug-likeness (QED) is 0.395. The lowest BCUT2D eigenvalue weighted by Gasteiger charge is -2.43. The summed E-state index contributed by atoms with van der Waals surface area (Å²) in [5.74, 6) is 0. The number of likely N-dealkylation sites (tertiary alicyclic amines) is 1. The van der Waals surface area contributed by atoms with Gasteiger partial charge < -0.3 is 20.4 Å². The summed E-state index contributed by atoms with van der Waals surface area (Å²) in [5.41, 5.74) is 3.27. The van der Waals surface area contributed by atoms with Gasteiger partial charge in [-0.3, -0.25) is 9.58 Å². The molecule has 0 spiro atoms. The number of rotatable bonds is 11. The van der Waals surface area contributed by atoms with E-state index >= 15 is 0 Å². The number of β-amino-alcohol motifs (C(OH)–C–C–N with tert-alkyl or cyclic N) is 1. The molecule has 1 aliphatic heterocycles. The summed E-state index contributed by atoms with van der Waals surface area (Å²) in [6, 6.07) is 7.99. The van der Waals surface area contributed by atoms with E-state index in [1.165, 1.54) is 24.8 Å². The SMILES string of the molecule is CCCCCc1ccc(-c2cn(CCCCN3C[C@H](O)[C@@H](O)[C@H](O)[C@H]3CO)nn2)cc1. The van der Waals surface area contributed by atoms with E-state index in [9.17, 15) is 20.4 Å². The van der Waals surface area contributed by atoms with E-state index in [-0.39, 0.29) is 13.2 Å². The summed E-state index contributed by atoms with van der Waals surface area (Å²) in [4.78, 5) is 1.84. The molecule has 3 rings (SSSR count). The molecule has 2 aromatic rings. The minimum absolute atomic E-state index is 0.241. The van der Waals surface area contributed by atoms with Gasteiger partial charge in [0, 0.05) is 18.7 Å². The zero-order chi connectivity index (χ0) is 22.2. The van der Waals surface area contributed by atoms with Crippen LogP contribution in [0, 0.1) is 0 Å². The van der Waals surface area contributed by atoms with Gasteiger partial charge in [0.05, 0.1) is 24.9 Å². The first kappa shape index (κ1) is 23.8. The largest absolute Gasteiger partial charge is 0.395 e. The number of aliphatic hydroxyl groups excluding tert-OH is 4. The van der Waals surface area contributed by atoms with E-state index in [2.05, 4.69) is 41.5 Å². The Bertz CT molecular complexity index is 782. The first-order valence-electron chi connectivity index (χ1n) is 11.4. The molecule has 1 aliphatic rings. The van der Waals surface area contributed by atoms with Crippen LogP contribution < -0.4 is 0 Å². The summed E-state index contributed by atoms with van der Waals surface area (Å²) >= 11 is 0. The highest BCUT2D eigenvalue weighted by atomic mass is 16.4. The Morgan fingerprint density at radius 2 is 1.71 bits per heavy atom. The number of hydrogen-bond acceptors (Lipinski definition) is 7. The molecule has 172 valence electrons. The van der Waals surface area contributed by atoms with Crippen LogP contribution in [-0.2, 0) is 13.0 Å². The van der Waals surface area contributed by atoms with Crippen molar-refractivity contribution in [2.24, 2.45) is 0 Å². The Morgan fingerprint density at radius 1 is 0.968 bits per heavy atom. The number of piperidine rings is 1. The number of benzene rings is 1. The van der Waals surface area contributed by atoms with Gasteiger partial charge >= 0.3 is 0 Å². The zero-order valence-corrected chi connectivity index (χ0v) is 18.3. The maximum absolute atomic E-state index is 10.1. The second-order valence-corrected chi connectivity index (χ2v) is 8.52. The van der Waals surface area contributed by atoms with Crippen LogP contribution in [0.1, 0.15) is 44.6 Å². The third-order valence-electron chi connectivity index (χ3n) is 6.16. The molecule has 4 atom stereocenters. The molecule has 0 saturated carbocycles. The van der Waals surface area contributed by atoms with E-state index in [1.807, 2.05) is 15.8 Å². The minimum atomic E-state index is -1.22. The molecule has 1 aromatic carbocycles. The fourth-order valence-electron chi connectivity index (χ4n) is 4.19. The van der Waals surface area contributed by atoms with Gasteiger partial charge in [-0.25, -0.2) is 0 Å². The molecule has 1 saturated heterocycles. The lowest BCUT2D eigenvalue weighted by Crippen LogP contribution is -2.62. The van der Waals surface area contributed by atoms with Gasteiger partial charge in [-0.05, 0) is 37.8 Å². The predicted molar refractivity (Wildman–Crippen MR) is 118 cm³/mol. The van der Waals surface area contributed by atoms with Crippen LogP contribution in [0.15, 0.2) is 30.5 Å². The zero-order valence-electron chi connectivity index (χ0n) is 18.3. The van der Waals surface area contributed by atoms with Gasteiger partial charge in [0.15, 0.2) is 0 Å². The topological polar surface area (TPSA) is 115 Å². The summed E-state index contributed by atoms with van der Waals surface area (Å²) < 4.78 is 1.83. The van der Waals surface area contributed by atoms with Gasteiger partial charge in [0.25, 0.3) is 0 Å². The number of aliphatic hydroxyl groups is 4. The Morgan fingerprint density at radius 3 is 2.42 bits per heavy atom. The van der Waals surface area contributed by atoms with Crippen molar-refractivity contribution in [1.29, 1.82) is 0 Å². The fraction of sp³-hybridized carbons (Fsp3) is 0.652. The number of nitrogens with zero attached hydrogens (tertiary/aromatic N) is 4. The highest BCUT2D eigenvalue weighted by Crippen LogP contribution is 2.20. The van der Waals surface area contributed by atoms with E-state index in [4.69, 9.17) is 0 Å². The second kappa shape index (κ2) is 11.7. The molecule has 2 heterocycles. The molecule has 4 N–H and O–H groups in total. The number of unbranched alkanes of at least 4 members (excludes halogenated alkanes) is 3. The first-order valence-corrected chi connectivity index (χ1v) is 11.4. The molecule has 31 heavy (non-hydrogen) atoms. The van der Waals surface area contributed by atoms with Crippen LogP contribution in [0.3, 0.4) is 0 Å². The maximum Gasteiger partial charge on any atom is 0.113 e. The van der Waals surface area contributed by atoms with Crippen molar-refractivity contribution in [1.82, 2.24) is 19.9 Å². The molecule has 8 heteroatoms. The van der Waals surface area contributed by atoms with E-state index in [1.54, 1.807) is 0 Å². The average Bonchev–Trinajstić information content (AvgIpc) is 3.25. The molecular formula is C23H36N4O4. The monoisotopic (exact) mass is 432 g/mol. The van der Waals surface area contributed by atoms with Gasteiger partial charge in [-0.2, -0.15) is 0 Å². The lowest BCUT2D eigenvalue weighted by atomic mass is 9.94. The minimum Gasteiger partial charge on any atom is -0.395 e. The molecule has 0 bridgehead atoms. The molecule has 1 aromatic heterocycles. The molecule has 0 unspecified atom stereocenters. The van der Waals surface area contributed by atoms with Crippen molar-refractivity contribution in [3.63, 3.8) is 0 Å². The van der Waals surface area contributed by atoms with Crippen LogP contribution >= 0.6 is 0 Å². The smallest absolute Gasteiger partial charge is 0.113 e. The van der Waals surface area contributed by atoms with Gasteiger partial charge in [0.2, 0.25) is 0 Å². The third-order valence-corrected chi connectivity index (χ3v) is 6.16. The predicted octanol–water partition coefficient (Wildman–Crippen LogP) is 1.22. The van der Waals surface area contributed by atoms with Crippen LogP contribution in [0.4, 0.5) is 0 Å². The Kier molecular flexibility index (Phi) is 8.98. The molecule has 8 nitrogen and oxygen atoms in total. The van der Waals surface area contributed by atoms with E-state index < -0.39 is 24.4 Å². The van der Waals surface area contributed by atoms with E-state index in [0.717, 1.165) is 30.5 Å². The lowest BCUT2D eigenvalue weighted by molar-refractivity contribution is -0.145. The van der Waals surface area contributed by atoms with Gasteiger partial charge in [-0.1, -0.05) is 49.2 Å². The van der Waals surface area contributed by atoms with Crippen molar-refractivity contribution < 1.29 is 20.4 Å². The van der Waals surface area contributed by atoms with Crippen molar-refractivity contribution in [2.45, 2.75) is 76.3 Å². The molecule has 1 fully saturated rings. The molecular weight excluding hydrogens is 396 g/mol. The maximum atomic E-state index is 10.1. The molecule has 0 radical (unpaired) electrons. The van der Waals surface area contributed by atoms with Crippen LogP contribution in [0.2, 0.25) is 0 Å². The standard InChI is InChI=1S/C23H36N4O4/c1-2-3-4-7-17-8-10-18(11-9-17)19-14-27(25-24-19)13-6-5-12-26-15-21(29)23(31)22(30)20(26)16-28/h8-11,14,20-23,28-31H,2-7,12-13,15-16H2,1H3/t20-,21+,22-,23-/m1/s1. The summed E-state index contributed by atoms with van der Waals surface area (Å²) in [6.07, 6.45) is 5.07. The second-order valence-electron chi connectivity index (χ2n) is 8.52. The summed E-state index contributed by atoms with van der Waals surface area (Å²) in [6.45, 7) is 3.53. The average molecular weight is 433 g/mol. The highest BCUT2D eigenvalue weighted by molar-refractivity contribution is 5.57. The first-order chi connectivity index (χ1) is 15.0. The number of aromatic nitrogens is 3. The molecule has 0 amide bonds. The van der Waals surface area contributed by atoms with Crippen LogP contribution in [0.5, 0.6) is 0 Å². The van der Waals surface area contributed by atoms with E-state index in [0.29, 0.717) is 13.1 Å². The normalized spacial score (nSPS) is 24.5. The third kappa shape index (κ3) is 6.33. The van der Waals surface area contributed by atoms with Gasteiger partial charge in [-0.15, -0.1) is 5.10 Å². The van der Waals surface area contributed by atoms with Crippen LogP contribution in [-0.4, -0.2) is 84.4 Å². The Hall–Kier alpha value is -1.84. The Balaban J connectivity index is 1.45. The molecule has 0 aliphatic carbocycles. The van der Waals surface area contributed by atoms with Crippen molar-refractivity contribution in [3.05, 3.63) is 36.0 Å². The van der Waals surface area contributed by atoms with Crippen LogP contribution in [0.25, 0.3) is 11.3 Å². The van der Waals surface area contributed by atoms with Crippen molar-refractivity contribution >= 4 is 0 Å². The highest BCUT2D eigenvalue weighted by Gasteiger charge is 2.40.